The summed E-state index contributed by atoms with van der Waals surface area (Å²) in [5.41, 5.74) is 7.06. The fourth-order valence-corrected chi connectivity index (χ4v) is 10.6. The van der Waals surface area contributed by atoms with Gasteiger partial charge in [0.05, 0.1) is 49.2 Å². The van der Waals surface area contributed by atoms with Gasteiger partial charge in [-0.25, -0.2) is 19.6 Å². The number of ether oxygens (including phenoxy) is 2. The third kappa shape index (κ3) is 7.14. The van der Waals surface area contributed by atoms with Crippen molar-refractivity contribution in [1.29, 1.82) is 0 Å². The molecule has 328 valence electrons. The summed E-state index contributed by atoms with van der Waals surface area (Å²) in [4.78, 5) is 73.2. The Morgan fingerprint density at radius 1 is 0.794 bits per heavy atom. The Hall–Kier alpha value is -6.38. The summed E-state index contributed by atoms with van der Waals surface area (Å²) in [7, 11) is 2.61. The highest BCUT2D eigenvalue weighted by atomic mass is 16.5. The molecule has 0 unspecified atom stereocenters. The number of amides is 4. The van der Waals surface area contributed by atoms with Crippen molar-refractivity contribution in [2.24, 2.45) is 23.2 Å². The van der Waals surface area contributed by atoms with Crippen LogP contribution in [-0.2, 0) is 19.1 Å². The summed E-state index contributed by atoms with van der Waals surface area (Å²) in [5, 5.41) is 7.53. The summed E-state index contributed by atoms with van der Waals surface area (Å²) in [6, 6.07) is 16.9. The van der Waals surface area contributed by atoms with Crippen LogP contribution in [-0.4, -0.2) is 92.6 Å². The van der Waals surface area contributed by atoms with Crippen molar-refractivity contribution >= 4 is 57.0 Å². The van der Waals surface area contributed by atoms with E-state index in [1.807, 2.05) is 55.8 Å². The molecule has 3 aromatic heterocycles. The van der Waals surface area contributed by atoms with Crippen LogP contribution >= 0.6 is 0 Å². The largest absolute Gasteiger partial charge is 0.456 e. The number of aromatic amines is 2. The number of carbonyl (C=O) groups is 4. The average molecular weight is 855 g/mol. The quantitative estimate of drug-likeness (QED) is 0.105. The van der Waals surface area contributed by atoms with Crippen LogP contribution in [0.25, 0.3) is 55.4 Å². The Kier molecular flexibility index (Phi) is 9.98. The van der Waals surface area contributed by atoms with Crippen LogP contribution in [0.2, 0.25) is 0 Å². The number of benzene rings is 3. The number of carbonyl (C=O) groups excluding carboxylic acids is 4. The number of alkyl carbamates (subject to hydrolysis) is 2. The Balaban J connectivity index is 0.895. The van der Waals surface area contributed by atoms with Crippen LogP contribution in [0.15, 0.2) is 65.2 Å². The summed E-state index contributed by atoms with van der Waals surface area (Å²) in [5.74, 6) is 1.33. The number of aromatic nitrogens is 4. The molecule has 63 heavy (non-hydrogen) atoms. The molecule has 4 amide bonds. The van der Waals surface area contributed by atoms with Gasteiger partial charge >= 0.3 is 12.2 Å². The van der Waals surface area contributed by atoms with Crippen LogP contribution in [0.4, 0.5) is 9.59 Å². The first kappa shape index (κ1) is 40.7. The summed E-state index contributed by atoms with van der Waals surface area (Å²) in [6.45, 7) is 8.34. The Labute approximate surface area is 364 Å². The summed E-state index contributed by atoms with van der Waals surface area (Å²) >= 11 is 0. The summed E-state index contributed by atoms with van der Waals surface area (Å²) in [6.07, 6.45) is 6.44. The van der Waals surface area contributed by atoms with E-state index in [2.05, 4.69) is 63.1 Å². The number of nitrogens with zero attached hydrogens (tertiary/aromatic N) is 4. The third-order valence-electron chi connectivity index (χ3n) is 14.2. The van der Waals surface area contributed by atoms with Crippen molar-refractivity contribution < 1.29 is 33.1 Å². The lowest BCUT2D eigenvalue weighted by atomic mass is 9.95. The predicted molar refractivity (Wildman–Crippen MR) is 236 cm³/mol. The number of methoxy groups -OCH3 is 2. The third-order valence-corrected chi connectivity index (χ3v) is 14.2. The van der Waals surface area contributed by atoms with Crippen LogP contribution in [0.1, 0.15) is 90.0 Å². The highest BCUT2D eigenvalue weighted by molar-refractivity contribution is 6.07. The van der Waals surface area contributed by atoms with E-state index < -0.39 is 24.3 Å². The molecule has 2 aliphatic heterocycles. The van der Waals surface area contributed by atoms with E-state index in [0.717, 1.165) is 106 Å². The van der Waals surface area contributed by atoms with E-state index >= 15 is 0 Å². The lowest BCUT2D eigenvalue weighted by Gasteiger charge is -2.37. The van der Waals surface area contributed by atoms with Gasteiger partial charge in [-0.15, -0.1) is 0 Å². The highest BCUT2D eigenvalue weighted by Crippen LogP contribution is 2.58. The van der Waals surface area contributed by atoms with Crippen molar-refractivity contribution in [3.05, 3.63) is 72.4 Å². The molecule has 5 heterocycles. The zero-order valence-electron chi connectivity index (χ0n) is 36.5. The molecule has 4 fully saturated rings. The molecule has 4 aliphatic rings. The number of imidazole rings is 2. The molecule has 2 aliphatic carbocycles. The number of furan rings is 1. The summed E-state index contributed by atoms with van der Waals surface area (Å²) < 4.78 is 16.2. The zero-order chi connectivity index (χ0) is 43.9. The molecule has 2 saturated heterocycles. The Bertz CT molecular complexity index is 2780. The van der Waals surface area contributed by atoms with E-state index in [-0.39, 0.29) is 47.2 Å². The van der Waals surface area contributed by atoms with Gasteiger partial charge < -0.3 is 44.3 Å². The molecule has 2 saturated carbocycles. The van der Waals surface area contributed by atoms with E-state index in [4.69, 9.17) is 23.9 Å². The number of piperidine rings is 1. The smallest absolute Gasteiger partial charge is 0.407 e. The van der Waals surface area contributed by atoms with Gasteiger partial charge in [0.1, 0.15) is 34.9 Å². The van der Waals surface area contributed by atoms with Gasteiger partial charge in [0, 0.05) is 28.9 Å². The first-order chi connectivity index (χ1) is 30.3. The molecule has 0 radical (unpaired) electrons. The molecule has 15 nitrogen and oxygen atoms in total. The number of fused-ring (bicyclic) bond motifs is 6. The number of hydrogen-bond acceptors (Lipinski definition) is 9. The van der Waals surface area contributed by atoms with E-state index in [0.29, 0.717) is 12.5 Å². The number of hydrogen-bond donors (Lipinski definition) is 4. The lowest BCUT2D eigenvalue weighted by molar-refractivity contribution is -0.139. The van der Waals surface area contributed by atoms with Gasteiger partial charge in [0.15, 0.2) is 0 Å². The van der Waals surface area contributed by atoms with Crippen LogP contribution in [0.3, 0.4) is 0 Å². The van der Waals surface area contributed by atoms with Crippen LogP contribution in [0.5, 0.6) is 0 Å². The maximum atomic E-state index is 14.1. The molecule has 6 aromatic rings. The van der Waals surface area contributed by atoms with E-state index in [9.17, 15) is 19.2 Å². The number of H-pyrrole nitrogens is 2. The topological polar surface area (TPSA) is 188 Å². The van der Waals surface area contributed by atoms with Gasteiger partial charge in [0.2, 0.25) is 11.8 Å². The molecule has 6 atom stereocenters. The standard InChI is InChI=1S/C48H54N8O7/c1-24(2)39(53-46(59)61-5)44(57)55-23-48(15-16-48)21-36(55)42-49-22-35(52-42)28-9-13-32-31-12-8-27(19-37(31)63-38(32)20-28)26-10-14-33-34(18-26)51-43(50-33)41-29-7-11-30(17-29)56(41)45(58)40(25(3)4)54-47(60)62-6/h8-10,12-14,18-20,22,24-25,29-30,36,39-41H,7,11,15-17,21,23H2,1-6H3,(H,49,52)(H,50,51)(H,53,59)(H,54,60)/t29-,30+,36-,39-,40-,41-/m0/s1. The number of rotatable bonds is 10. The van der Waals surface area contributed by atoms with Crippen molar-refractivity contribution in [3.8, 4) is 22.4 Å². The van der Waals surface area contributed by atoms with Gasteiger partial charge in [-0.3, -0.25) is 9.59 Å². The van der Waals surface area contributed by atoms with Gasteiger partial charge in [0.25, 0.3) is 0 Å². The van der Waals surface area contributed by atoms with Gasteiger partial charge in [-0.2, -0.15) is 0 Å². The normalized spacial score (nSPS) is 22.2. The Morgan fingerprint density at radius 2 is 1.43 bits per heavy atom. The van der Waals surface area contributed by atoms with Crippen molar-refractivity contribution in [2.75, 3.05) is 20.8 Å². The molecule has 3 aromatic carbocycles. The number of nitrogens with one attached hydrogen (secondary N) is 4. The minimum atomic E-state index is -0.704. The van der Waals surface area contributed by atoms with Crippen molar-refractivity contribution in [1.82, 2.24) is 40.4 Å². The molecular weight excluding hydrogens is 801 g/mol. The van der Waals surface area contributed by atoms with Crippen molar-refractivity contribution in [2.45, 2.75) is 96.4 Å². The fraction of sp³-hybridized carbons (Fsp3) is 0.458. The second-order valence-corrected chi connectivity index (χ2v) is 18.9. The second-order valence-electron chi connectivity index (χ2n) is 18.9. The number of likely N-dealkylation sites (tertiary alicyclic amines) is 2. The van der Waals surface area contributed by atoms with Crippen LogP contribution < -0.4 is 10.6 Å². The van der Waals surface area contributed by atoms with E-state index in [1.165, 1.54) is 14.2 Å². The molecule has 2 bridgehead atoms. The maximum Gasteiger partial charge on any atom is 0.407 e. The van der Waals surface area contributed by atoms with Crippen molar-refractivity contribution in [3.63, 3.8) is 0 Å². The lowest BCUT2D eigenvalue weighted by Crippen LogP contribution is -2.54. The maximum absolute atomic E-state index is 14.1. The Morgan fingerprint density at radius 3 is 2.10 bits per heavy atom. The minimum absolute atomic E-state index is 0.0992. The molecule has 15 heteroatoms. The first-order valence-electron chi connectivity index (χ1n) is 22.2. The average Bonchev–Trinajstić information content (AvgIpc) is 3.97. The highest BCUT2D eigenvalue weighted by Gasteiger charge is 2.55. The van der Waals surface area contributed by atoms with Gasteiger partial charge in [-0.05, 0) is 109 Å². The molecular formula is C48H54N8O7. The van der Waals surface area contributed by atoms with E-state index in [1.54, 1.807) is 0 Å². The zero-order valence-corrected chi connectivity index (χ0v) is 36.5. The van der Waals surface area contributed by atoms with Gasteiger partial charge in [-0.1, -0.05) is 45.9 Å². The molecule has 10 rings (SSSR count). The minimum Gasteiger partial charge on any atom is -0.456 e. The predicted octanol–water partition coefficient (Wildman–Crippen LogP) is 8.39. The molecule has 1 spiro atoms. The monoisotopic (exact) mass is 854 g/mol. The fourth-order valence-electron chi connectivity index (χ4n) is 10.6. The second kappa shape index (κ2) is 15.5. The molecule has 4 N–H and O–H groups in total. The SMILES string of the molecule is COC(=O)N[C@H](C(=O)N1CC2(CC2)C[C@H]1c1ncc(-c2ccc3c(c2)oc2cc(-c4ccc5nc([C@@H]6[C@H]7CC[C@H](C7)N6C(=O)[C@@H](NC(=O)OC)C(C)C)[nH]c5c4)ccc23)[nH]1)C(C)C. The first-order valence-corrected chi connectivity index (χ1v) is 22.2. The van der Waals surface area contributed by atoms with Crippen LogP contribution in [0, 0.1) is 23.2 Å².